The largest absolute Gasteiger partial charge is 0.270 e. The van der Waals surface area contributed by atoms with Crippen LogP contribution < -0.4 is 0 Å². The van der Waals surface area contributed by atoms with E-state index in [-0.39, 0.29) is 11.4 Å². The van der Waals surface area contributed by atoms with Crippen LogP contribution in [0.15, 0.2) is 48.5 Å². The van der Waals surface area contributed by atoms with Crippen molar-refractivity contribution in [1.82, 2.24) is 0 Å². The molecule has 0 heterocycles. The second-order valence-electron chi connectivity index (χ2n) is 3.95. The molecule has 6 nitrogen and oxygen atoms in total. The van der Waals surface area contributed by atoms with Gasteiger partial charge in [-0.15, -0.1) is 0 Å². The third-order valence-electron chi connectivity index (χ3n) is 2.54. The van der Waals surface area contributed by atoms with Crippen molar-refractivity contribution in [2.24, 2.45) is 0 Å². The Morgan fingerprint density at radius 1 is 0.900 bits per heavy atom. The number of non-ortho nitro benzene ring substituents is 2. The summed E-state index contributed by atoms with van der Waals surface area (Å²) in [5.74, 6) is 0. The lowest BCUT2D eigenvalue weighted by Gasteiger charge is -1.95. The van der Waals surface area contributed by atoms with Crippen LogP contribution in [0.4, 0.5) is 11.4 Å². The predicted molar refractivity (Wildman–Crippen MR) is 73.0 cm³/mol. The molecule has 0 saturated heterocycles. The van der Waals surface area contributed by atoms with Gasteiger partial charge in [-0.2, -0.15) is 0 Å². The molecule has 0 spiro atoms. The van der Waals surface area contributed by atoms with Gasteiger partial charge >= 0.3 is 0 Å². The summed E-state index contributed by atoms with van der Waals surface area (Å²) in [6.07, 6.45) is 4.42. The topological polar surface area (TPSA) is 86.3 Å². The van der Waals surface area contributed by atoms with Crippen molar-refractivity contribution in [3.05, 3.63) is 86.0 Å². The molecule has 0 bridgehead atoms. The zero-order valence-electron chi connectivity index (χ0n) is 10.2. The second-order valence-corrected chi connectivity index (χ2v) is 3.95. The van der Waals surface area contributed by atoms with Crippen LogP contribution in [0.2, 0.25) is 0 Å². The van der Waals surface area contributed by atoms with Gasteiger partial charge in [-0.25, -0.2) is 0 Å². The van der Waals surface area contributed by atoms with Gasteiger partial charge in [0.1, 0.15) is 0 Å². The van der Waals surface area contributed by atoms with Crippen LogP contribution in [0.3, 0.4) is 0 Å². The maximum Gasteiger partial charge on any atom is 0.270 e. The molecule has 2 aromatic rings. The van der Waals surface area contributed by atoms with Gasteiger partial charge in [-0.1, -0.05) is 24.3 Å². The maximum atomic E-state index is 10.6. The molecule has 0 fully saturated rings. The maximum absolute atomic E-state index is 10.6. The molecule has 0 atom stereocenters. The molecule has 2 aromatic carbocycles. The minimum atomic E-state index is -0.488. The van der Waals surface area contributed by atoms with Gasteiger partial charge in [0.25, 0.3) is 11.4 Å². The highest BCUT2D eigenvalue weighted by Gasteiger charge is 2.05. The van der Waals surface area contributed by atoms with Crippen LogP contribution in [0.5, 0.6) is 0 Å². The lowest BCUT2D eigenvalue weighted by molar-refractivity contribution is -0.385. The first kappa shape index (κ1) is 13.4. The fraction of sp³-hybridized carbons (Fsp3) is 0. The summed E-state index contributed by atoms with van der Waals surface area (Å²) in [6, 6.07) is 12.1. The van der Waals surface area contributed by atoms with E-state index < -0.39 is 9.85 Å². The van der Waals surface area contributed by atoms with Crippen molar-refractivity contribution in [2.75, 3.05) is 0 Å². The molecule has 0 aromatic heterocycles. The smallest absolute Gasteiger partial charge is 0.258 e. The molecule has 0 aliphatic heterocycles. The van der Waals surface area contributed by atoms with Crippen LogP contribution in [-0.4, -0.2) is 9.85 Å². The summed E-state index contributed by atoms with van der Waals surface area (Å²) in [4.78, 5) is 20.3. The number of nitro groups is 2. The Bertz CT molecular complexity index is 636. The highest BCUT2D eigenvalue weighted by Crippen LogP contribution is 2.16. The Kier molecular flexibility index (Phi) is 3.85. The summed E-state index contributed by atoms with van der Waals surface area (Å²) in [7, 11) is 0. The molecule has 2 rings (SSSR count). The molecule has 99 valence electrons. The summed E-state index contributed by atoms with van der Waals surface area (Å²) in [6.45, 7) is 0. The molecular weight excluding hydrogens is 260 g/mol. The van der Waals surface area contributed by atoms with E-state index in [0.717, 1.165) is 0 Å². The van der Waals surface area contributed by atoms with E-state index in [1.165, 1.54) is 24.3 Å². The highest BCUT2D eigenvalue weighted by molar-refractivity contribution is 5.55. The van der Waals surface area contributed by atoms with Crippen LogP contribution in [0.1, 0.15) is 11.1 Å². The summed E-state index contributed by atoms with van der Waals surface area (Å²) < 4.78 is 0. The fourth-order valence-corrected chi connectivity index (χ4v) is 1.60. The fourth-order valence-electron chi connectivity index (χ4n) is 1.60. The number of rotatable bonds is 4. The van der Waals surface area contributed by atoms with Crippen LogP contribution in [-0.2, 0) is 0 Å². The van der Waals surface area contributed by atoms with Gasteiger partial charge in [0.05, 0.1) is 9.85 Å². The summed E-state index contributed by atoms with van der Waals surface area (Å²) in [5, 5.41) is 21.3. The second kappa shape index (κ2) is 5.75. The Hall–Kier alpha value is -3.02. The molecule has 0 saturated carbocycles. The average molecular weight is 269 g/mol. The molecular formula is C14H9N2O4. The Morgan fingerprint density at radius 3 is 2.15 bits per heavy atom. The van der Waals surface area contributed by atoms with E-state index in [1.54, 1.807) is 30.3 Å². The van der Waals surface area contributed by atoms with Crippen LogP contribution in [0.25, 0.3) is 6.08 Å². The van der Waals surface area contributed by atoms with E-state index in [9.17, 15) is 20.2 Å². The number of hydrogen-bond donors (Lipinski definition) is 0. The minimum absolute atomic E-state index is 0.0143. The number of benzene rings is 2. The Labute approximate surface area is 114 Å². The zero-order chi connectivity index (χ0) is 14.5. The van der Waals surface area contributed by atoms with E-state index >= 15 is 0 Å². The average Bonchev–Trinajstić information content (AvgIpc) is 2.45. The first-order chi connectivity index (χ1) is 9.56. The van der Waals surface area contributed by atoms with E-state index in [2.05, 4.69) is 6.08 Å². The molecule has 0 aliphatic carbocycles. The molecule has 0 aliphatic rings. The molecule has 6 heteroatoms. The molecule has 1 radical (unpaired) electrons. The Morgan fingerprint density at radius 2 is 1.50 bits per heavy atom. The first-order valence-electron chi connectivity index (χ1n) is 5.65. The van der Waals surface area contributed by atoms with Crippen LogP contribution >= 0.6 is 0 Å². The van der Waals surface area contributed by atoms with Crippen molar-refractivity contribution in [2.45, 2.75) is 0 Å². The highest BCUT2D eigenvalue weighted by atomic mass is 16.6. The third kappa shape index (κ3) is 3.26. The van der Waals surface area contributed by atoms with Crippen molar-refractivity contribution in [3.63, 3.8) is 0 Å². The van der Waals surface area contributed by atoms with Crippen molar-refractivity contribution >= 4 is 17.5 Å². The number of nitro benzene ring substituents is 2. The molecule has 0 N–H and O–H groups in total. The quantitative estimate of drug-likeness (QED) is 0.483. The lowest BCUT2D eigenvalue weighted by Crippen LogP contribution is -1.88. The van der Waals surface area contributed by atoms with Crippen LogP contribution in [0, 0.1) is 26.3 Å². The van der Waals surface area contributed by atoms with E-state index in [4.69, 9.17) is 0 Å². The normalized spacial score (nSPS) is 10.6. The van der Waals surface area contributed by atoms with Gasteiger partial charge in [-0.05, 0) is 23.3 Å². The summed E-state index contributed by atoms with van der Waals surface area (Å²) >= 11 is 0. The SMILES string of the molecule is O=[N+]([O-])c1cccc([C]=Cc2cccc([N+](=O)[O-])c2)c1. The Balaban J connectivity index is 2.25. The van der Waals surface area contributed by atoms with E-state index in [1.807, 2.05) is 0 Å². The molecule has 0 amide bonds. The van der Waals surface area contributed by atoms with Crippen molar-refractivity contribution < 1.29 is 9.85 Å². The van der Waals surface area contributed by atoms with Gasteiger partial charge in [0, 0.05) is 24.3 Å². The zero-order valence-corrected chi connectivity index (χ0v) is 10.2. The minimum Gasteiger partial charge on any atom is -0.258 e. The van der Waals surface area contributed by atoms with Gasteiger partial charge in [0.15, 0.2) is 0 Å². The standard InChI is InChI=1S/C14H9N2O4/c17-15(18)13-5-1-3-11(9-13)7-8-12-4-2-6-14(10-12)16(19)20/h1-7,9-10H. The van der Waals surface area contributed by atoms with Gasteiger partial charge in [0.2, 0.25) is 0 Å². The lowest BCUT2D eigenvalue weighted by atomic mass is 10.1. The summed E-state index contributed by atoms with van der Waals surface area (Å²) in [5.41, 5.74) is 1.10. The molecule has 20 heavy (non-hydrogen) atoms. The van der Waals surface area contributed by atoms with E-state index in [0.29, 0.717) is 11.1 Å². The third-order valence-corrected chi connectivity index (χ3v) is 2.54. The number of nitrogens with zero attached hydrogens (tertiary/aromatic N) is 2. The monoisotopic (exact) mass is 269 g/mol. The van der Waals surface area contributed by atoms with Gasteiger partial charge in [-0.3, -0.25) is 20.2 Å². The van der Waals surface area contributed by atoms with Crippen molar-refractivity contribution in [1.29, 1.82) is 0 Å². The predicted octanol–water partition coefficient (Wildman–Crippen LogP) is 3.37. The number of hydrogen-bond acceptors (Lipinski definition) is 4. The molecule has 0 unspecified atom stereocenters. The van der Waals surface area contributed by atoms with Crippen molar-refractivity contribution in [3.8, 4) is 0 Å². The first-order valence-corrected chi connectivity index (χ1v) is 5.65. The van der Waals surface area contributed by atoms with Gasteiger partial charge < -0.3 is 0 Å².